The largest absolute Gasteiger partial charge is 0.497 e. The number of ether oxygens (including phenoxy) is 2. The number of anilines is 1. The molecule has 0 aliphatic heterocycles. The molecular weight excluding hydrogens is 414 g/mol. The zero-order valence-corrected chi connectivity index (χ0v) is 17.5. The van der Waals surface area contributed by atoms with Crippen LogP contribution in [0, 0.1) is 11.6 Å². The molecule has 0 aliphatic rings. The van der Waals surface area contributed by atoms with Crippen LogP contribution in [0.3, 0.4) is 0 Å². The third kappa shape index (κ3) is 4.37. The first-order chi connectivity index (χ1) is 15.5. The van der Waals surface area contributed by atoms with E-state index in [1.165, 1.54) is 6.07 Å². The van der Waals surface area contributed by atoms with Crippen molar-refractivity contribution in [1.29, 1.82) is 0 Å². The van der Waals surface area contributed by atoms with Crippen LogP contribution >= 0.6 is 0 Å². The number of pyridine rings is 1. The van der Waals surface area contributed by atoms with E-state index in [0.29, 0.717) is 40.3 Å². The number of halogens is 2. The minimum absolute atomic E-state index is 0.158. The number of benzene rings is 3. The fourth-order valence-electron chi connectivity index (χ4n) is 3.32. The van der Waals surface area contributed by atoms with E-state index < -0.39 is 17.5 Å². The van der Waals surface area contributed by atoms with Crippen molar-refractivity contribution >= 4 is 22.5 Å². The first kappa shape index (κ1) is 21.2. The highest BCUT2D eigenvalue weighted by Gasteiger charge is 2.14. The average molecular weight is 434 g/mol. The lowest BCUT2D eigenvalue weighted by molar-refractivity contribution is 0.102. The average Bonchev–Trinajstić information content (AvgIpc) is 2.81. The molecule has 0 fully saturated rings. The van der Waals surface area contributed by atoms with Gasteiger partial charge < -0.3 is 14.8 Å². The molecule has 32 heavy (non-hydrogen) atoms. The van der Waals surface area contributed by atoms with Crippen molar-refractivity contribution in [2.45, 2.75) is 6.92 Å². The number of rotatable bonds is 6. The van der Waals surface area contributed by atoms with E-state index >= 15 is 0 Å². The summed E-state index contributed by atoms with van der Waals surface area (Å²) in [5.74, 6) is -1.18. The molecule has 0 atom stereocenters. The van der Waals surface area contributed by atoms with Gasteiger partial charge in [0.2, 0.25) is 0 Å². The minimum Gasteiger partial charge on any atom is -0.497 e. The molecule has 0 aliphatic carbocycles. The highest BCUT2D eigenvalue weighted by atomic mass is 19.2. The molecule has 1 heterocycles. The fraction of sp³-hybridized carbons (Fsp3) is 0.120. The number of hydrogen-bond donors (Lipinski definition) is 1. The summed E-state index contributed by atoms with van der Waals surface area (Å²) in [6.45, 7) is 2.30. The Kier molecular flexibility index (Phi) is 5.98. The highest BCUT2D eigenvalue weighted by molar-refractivity contribution is 6.07. The molecule has 5 nitrogen and oxygen atoms in total. The molecule has 0 saturated carbocycles. The van der Waals surface area contributed by atoms with Gasteiger partial charge in [0, 0.05) is 34.3 Å². The van der Waals surface area contributed by atoms with Crippen molar-refractivity contribution < 1.29 is 23.0 Å². The number of fused-ring (bicyclic) bond motifs is 1. The number of methoxy groups -OCH3 is 1. The first-order valence-corrected chi connectivity index (χ1v) is 9.97. The molecule has 1 aromatic heterocycles. The van der Waals surface area contributed by atoms with Crippen LogP contribution in [0.5, 0.6) is 11.5 Å². The molecule has 0 saturated heterocycles. The lowest BCUT2D eigenvalue weighted by Gasteiger charge is -2.12. The predicted octanol–water partition coefficient (Wildman–Crippen LogP) is 5.84. The number of nitrogens with zero attached hydrogens (tertiary/aromatic N) is 1. The van der Waals surface area contributed by atoms with Gasteiger partial charge in [0.15, 0.2) is 11.6 Å². The smallest absolute Gasteiger partial charge is 0.255 e. The maximum Gasteiger partial charge on any atom is 0.255 e. The van der Waals surface area contributed by atoms with E-state index in [-0.39, 0.29) is 5.69 Å². The number of carbonyl (C=O) groups is 1. The Hall–Kier alpha value is -4.00. The molecule has 1 amide bonds. The SMILES string of the molecule is CCOc1cc(-c2cccc(OC)c2)nc2ccc(C(=O)Nc3ccc(F)c(F)c3)cc12. The van der Waals surface area contributed by atoms with Gasteiger partial charge in [-0.3, -0.25) is 4.79 Å². The Morgan fingerprint density at radius 1 is 1.00 bits per heavy atom. The van der Waals surface area contributed by atoms with Crippen molar-refractivity contribution in [2.24, 2.45) is 0 Å². The molecule has 0 spiro atoms. The third-order valence-corrected chi connectivity index (χ3v) is 4.88. The second-order valence-corrected chi connectivity index (χ2v) is 6.99. The molecule has 0 bridgehead atoms. The van der Waals surface area contributed by atoms with Crippen LogP contribution in [-0.4, -0.2) is 24.6 Å². The second kappa shape index (κ2) is 9.01. The molecule has 3 aromatic carbocycles. The summed E-state index contributed by atoms with van der Waals surface area (Å²) in [5, 5.41) is 3.23. The van der Waals surface area contributed by atoms with Crippen LogP contribution in [0.4, 0.5) is 14.5 Å². The van der Waals surface area contributed by atoms with E-state index in [0.717, 1.165) is 17.7 Å². The van der Waals surface area contributed by atoms with Crippen LogP contribution in [-0.2, 0) is 0 Å². The fourth-order valence-corrected chi connectivity index (χ4v) is 3.32. The number of nitrogens with one attached hydrogen (secondary N) is 1. The summed E-state index contributed by atoms with van der Waals surface area (Å²) in [5.41, 5.74) is 2.72. The van der Waals surface area contributed by atoms with Gasteiger partial charge in [0.05, 0.1) is 24.9 Å². The van der Waals surface area contributed by atoms with Gasteiger partial charge in [-0.25, -0.2) is 13.8 Å². The van der Waals surface area contributed by atoms with Crippen LogP contribution in [0.2, 0.25) is 0 Å². The highest BCUT2D eigenvalue weighted by Crippen LogP contribution is 2.32. The molecule has 7 heteroatoms. The monoisotopic (exact) mass is 434 g/mol. The van der Waals surface area contributed by atoms with Gasteiger partial charge in [-0.05, 0) is 49.4 Å². The Morgan fingerprint density at radius 2 is 1.84 bits per heavy atom. The van der Waals surface area contributed by atoms with Gasteiger partial charge in [0.25, 0.3) is 5.91 Å². The molecule has 0 unspecified atom stereocenters. The second-order valence-electron chi connectivity index (χ2n) is 6.99. The van der Waals surface area contributed by atoms with Crippen LogP contribution < -0.4 is 14.8 Å². The molecule has 162 valence electrons. The van der Waals surface area contributed by atoms with Crippen molar-refractivity contribution in [3.8, 4) is 22.8 Å². The Labute approximate surface area is 183 Å². The summed E-state index contributed by atoms with van der Waals surface area (Å²) >= 11 is 0. The summed E-state index contributed by atoms with van der Waals surface area (Å²) in [7, 11) is 1.60. The molecular formula is C25H20F2N2O3. The zero-order chi connectivity index (χ0) is 22.7. The normalized spacial score (nSPS) is 10.8. The Bertz CT molecular complexity index is 1310. The standard InChI is InChI=1S/C25H20F2N2O3/c1-3-32-24-14-23(15-5-4-6-18(11-15)31-2)29-22-10-7-16(12-19(22)24)25(30)28-17-8-9-20(26)21(27)13-17/h4-14H,3H2,1-2H3,(H,28,30). The van der Waals surface area contributed by atoms with E-state index in [9.17, 15) is 13.6 Å². The zero-order valence-electron chi connectivity index (χ0n) is 17.5. The maximum absolute atomic E-state index is 13.4. The molecule has 0 radical (unpaired) electrons. The Morgan fingerprint density at radius 3 is 2.59 bits per heavy atom. The summed E-state index contributed by atoms with van der Waals surface area (Å²) in [4.78, 5) is 17.4. The number of amides is 1. The van der Waals surface area contributed by atoms with Gasteiger partial charge in [0.1, 0.15) is 11.5 Å². The van der Waals surface area contributed by atoms with Crippen LogP contribution in [0.15, 0.2) is 66.7 Å². The van der Waals surface area contributed by atoms with E-state index in [1.807, 2.05) is 37.3 Å². The summed E-state index contributed by atoms with van der Waals surface area (Å²) in [6.07, 6.45) is 0. The maximum atomic E-state index is 13.4. The quantitative estimate of drug-likeness (QED) is 0.414. The van der Waals surface area contributed by atoms with Gasteiger partial charge >= 0.3 is 0 Å². The van der Waals surface area contributed by atoms with E-state index in [2.05, 4.69) is 5.32 Å². The third-order valence-electron chi connectivity index (χ3n) is 4.88. The van der Waals surface area contributed by atoms with Crippen molar-refractivity contribution in [2.75, 3.05) is 19.0 Å². The van der Waals surface area contributed by atoms with E-state index in [1.54, 1.807) is 25.3 Å². The number of carbonyl (C=O) groups excluding carboxylic acids is 1. The lowest BCUT2D eigenvalue weighted by atomic mass is 10.1. The minimum atomic E-state index is -1.03. The lowest BCUT2D eigenvalue weighted by Crippen LogP contribution is -2.12. The first-order valence-electron chi connectivity index (χ1n) is 9.97. The summed E-state index contributed by atoms with van der Waals surface area (Å²) in [6, 6.07) is 17.6. The summed E-state index contributed by atoms with van der Waals surface area (Å²) < 4.78 is 37.7. The number of aromatic nitrogens is 1. The number of hydrogen-bond acceptors (Lipinski definition) is 4. The van der Waals surface area contributed by atoms with Crippen LogP contribution in [0.25, 0.3) is 22.2 Å². The van der Waals surface area contributed by atoms with Crippen LogP contribution in [0.1, 0.15) is 17.3 Å². The molecule has 4 rings (SSSR count). The van der Waals surface area contributed by atoms with Crippen molar-refractivity contribution in [1.82, 2.24) is 4.98 Å². The Balaban J connectivity index is 1.71. The van der Waals surface area contributed by atoms with Gasteiger partial charge in [-0.1, -0.05) is 12.1 Å². The molecule has 4 aromatic rings. The predicted molar refractivity (Wildman–Crippen MR) is 119 cm³/mol. The van der Waals surface area contributed by atoms with Crippen molar-refractivity contribution in [3.63, 3.8) is 0 Å². The van der Waals surface area contributed by atoms with Gasteiger partial charge in [-0.15, -0.1) is 0 Å². The topological polar surface area (TPSA) is 60.5 Å². The molecule has 1 N–H and O–H groups in total. The van der Waals surface area contributed by atoms with E-state index in [4.69, 9.17) is 14.5 Å². The van der Waals surface area contributed by atoms with Gasteiger partial charge in [-0.2, -0.15) is 0 Å². The van der Waals surface area contributed by atoms with Crippen molar-refractivity contribution in [3.05, 3.63) is 83.9 Å².